The van der Waals surface area contributed by atoms with E-state index in [9.17, 15) is 4.79 Å². The number of ether oxygens (including phenoxy) is 1. The topological polar surface area (TPSA) is 41.6 Å². The molecule has 0 saturated heterocycles. The lowest BCUT2D eigenvalue weighted by atomic mass is 9.99. The van der Waals surface area contributed by atoms with Gasteiger partial charge < -0.3 is 10.1 Å². The van der Waals surface area contributed by atoms with Crippen LogP contribution in [0.1, 0.15) is 52.5 Å². The molecule has 1 heterocycles. The molecular formula is C27H30N2O2. The molecule has 0 aromatic heterocycles. The second-order valence-electron chi connectivity index (χ2n) is 8.12. The molecule has 1 atom stereocenters. The molecule has 0 saturated carbocycles. The van der Waals surface area contributed by atoms with E-state index < -0.39 is 0 Å². The van der Waals surface area contributed by atoms with Crippen molar-refractivity contribution in [3.63, 3.8) is 0 Å². The maximum Gasteiger partial charge on any atom is 0.251 e. The van der Waals surface area contributed by atoms with Crippen molar-refractivity contribution >= 4 is 5.91 Å². The summed E-state index contributed by atoms with van der Waals surface area (Å²) in [5.74, 6) is 0.789. The molecule has 1 N–H and O–H groups in total. The molecule has 31 heavy (non-hydrogen) atoms. The quantitative estimate of drug-likeness (QED) is 0.582. The highest BCUT2D eigenvalue weighted by molar-refractivity contribution is 5.94. The van der Waals surface area contributed by atoms with Crippen LogP contribution in [-0.2, 0) is 19.5 Å². The van der Waals surface area contributed by atoms with Crippen molar-refractivity contribution in [2.75, 3.05) is 13.2 Å². The van der Waals surface area contributed by atoms with Crippen LogP contribution in [-0.4, -0.2) is 24.0 Å². The van der Waals surface area contributed by atoms with Gasteiger partial charge in [0.1, 0.15) is 5.75 Å². The standard InChI is InChI=1S/C27H30N2O2/c1-3-31-26-14-12-22(13-15-26)20(2)28-27(30)24-10-8-21(9-11-24)18-29-17-16-23-6-4-5-7-25(23)19-29/h4-15,20H,3,16-19H2,1-2H3,(H,28,30). The Morgan fingerprint density at radius 3 is 2.42 bits per heavy atom. The summed E-state index contributed by atoms with van der Waals surface area (Å²) in [6.45, 7) is 7.56. The second kappa shape index (κ2) is 9.80. The zero-order valence-corrected chi connectivity index (χ0v) is 18.3. The van der Waals surface area contributed by atoms with E-state index in [0.29, 0.717) is 12.2 Å². The van der Waals surface area contributed by atoms with Crippen LogP contribution < -0.4 is 10.1 Å². The smallest absolute Gasteiger partial charge is 0.251 e. The summed E-state index contributed by atoms with van der Waals surface area (Å²) < 4.78 is 5.48. The Morgan fingerprint density at radius 2 is 1.71 bits per heavy atom. The van der Waals surface area contributed by atoms with E-state index in [1.54, 1.807) is 0 Å². The lowest BCUT2D eigenvalue weighted by Crippen LogP contribution is -2.30. The van der Waals surface area contributed by atoms with E-state index in [-0.39, 0.29) is 11.9 Å². The zero-order valence-electron chi connectivity index (χ0n) is 18.3. The Hall–Kier alpha value is -3.11. The van der Waals surface area contributed by atoms with Crippen LogP contribution in [0.4, 0.5) is 0 Å². The van der Waals surface area contributed by atoms with E-state index in [4.69, 9.17) is 4.74 Å². The molecule has 0 aliphatic carbocycles. The molecule has 3 aromatic rings. The van der Waals surface area contributed by atoms with Crippen molar-refractivity contribution in [3.8, 4) is 5.75 Å². The average molecular weight is 415 g/mol. The minimum Gasteiger partial charge on any atom is -0.494 e. The molecule has 0 spiro atoms. The predicted octanol–water partition coefficient (Wildman–Crippen LogP) is 5.13. The van der Waals surface area contributed by atoms with Gasteiger partial charge in [0.2, 0.25) is 0 Å². The first-order valence-corrected chi connectivity index (χ1v) is 11.0. The van der Waals surface area contributed by atoms with Gasteiger partial charge in [0, 0.05) is 25.2 Å². The first-order chi connectivity index (χ1) is 15.1. The van der Waals surface area contributed by atoms with Crippen LogP contribution in [0.15, 0.2) is 72.8 Å². The normalized spacial score (nSPS) is 14.5. The molecule has 0 bridgehead atoms. The van der Waals surface area contributed by atoms with E-state index in [0.717, 1.165) is 37.4 Å². The number of hydrogen-bond acceptors (Lipinski definition) is 3. The van der Waals surface area contributed by atoms with Crippen LogP contribution in [0.25, 0.3) is 0 Å². The van der Waals surface area contributed by atoms with E-state index in [1.165, 1.54) is 16.7 Å². The third-order valence-corrected chi connectivity index (χ3v) is 5.87. The highest BCUT2D eigenvalue weighted by atomic mass is 16.5. The van der Waals surface area contributed by atoms with Gasteiger partial charge in [-0.25, -0.2) is 0 Å². The largest absolute Gasteiger partial charge is 0.494 e. The molecule has 1 aliphatic rings. The fourth-order valence-corrected chi connectivity index (χ4v) is 4.09. The Kier molecular flexibility index (Phi) is 6.68. The van der Waals surface area contributed by atoms with Crippen molar-refractivity contribution in [1.82, 2.24) is 10.2 Å². The number of fused-ring (bicyclic) bond motifs is 1. The number of carbonyl (C=O) groups is 1. The van der Waals surface area contributed by atoms with Gasteiger partial charge in [-0.3, -0.25) is 9.69 Å². The number of carbonyl (C=O) groups excluding carboxylic acids is 1. The molecule has 0 radical (unpaired) electrons. The van der Waals surface area contributed by atoms with Crippen LogP contribution in [0.2, 0.25) is 0 Å². The van der Waals surface area contributed by atoms with Gasteiger partial charge in [0.05, 0.1) is 12.6 Å². The van der Waals surface area contributed by atoms with Crippen molar-refractivity contribution < 1.29 is 9.53 Å². The number of nitrogens with zero attached hydrogens (tertiary/aromatic N) is 1. The van der Waals surface area contributed by atoms with Gasteiger partial charge in [0.15, 0.2) is 0 Å². The number of nitrogens with one attached hydrogen (secondary N) is 1. The molecule has 4 rings (SSSR count). The highest BCUT2D eigenvalue weighted by Crippen LogP contribution is 2.21. The highest BCUT2D eigenvalue weighted by Gasteiger charge is 2.16. The molecule has 160 valence electrons. The summed E-state index contributed by atoms with van der Waals surface area (Å²) in [4.78, 5) is 15.2. The summed E-state index contributed by atoms with van der Waals surface area (Å²) in [6, 6.07) is 24.5. The summed E-state index contributed by atoms with van der Waals surface area (Å²) in [5, 5.41) is 3.09. The number of rotatable bonds is 7. The Labute approximate surface area is 184 Å². The maximum absolute atomic E-state index is 12.7. The predicted molar refractivity (Wildman–Crippen MR) is 124 cm³/mol. The van der Waals surface area contributed by atoms with Crippen molar-refractivity contribution in [2.24, 2.45) is 0 Å². The molecular weight excluding hydrogens is 384 g/mol. The minimum absolute atomic E-state index is 0.0557. The summed E-state index contributed by atoms with van der Waals surface area (Å²) in [6.07, 6.45) is 1.10. The molecule has 1 amide bonds. The molecule has 3 aromatic carbocycles. The van der Waals surface area contributed by atoms with Gasteiger partial charge >= 0.3 is 0 Å². The molecule has 0 fully saturated rings. The summed E-state index contributed by atoms with van der Waals surface area (Å²) in [7, 11) is 0. The Morgan fingerprint density at radius 1 is 1.00 bits per heavy atom. The Balaban J connectivity index is 1.33. The minimum atomic E-state index is -0.0729. The van der Waals surface area contributed by atoms with E-state index in [2.05, 4.69) is 46.6 Å². The molecule has 4 nitrogen and oxygen atoms in total. The van der Waals surface area contributed by atoms with Gasteiger partial charge in [0.25, 0.3) is 5.91 Å². The van der Waals surface area contributed by atoms with E-state index in [1.807, 2.05) is 50.2 Å². The number of hydrogen-bond donors (Lipinski definition) is 1. The van der Waals surface area contributed by atoms with Crippen molar-refractivity contribution in [2.45, 2.75) is 39.4 Å². The third-order valence-electron chi connectivity index (χ3n) is 5.87. The van der Waals surface area contributed by atoms with Crippen molar-refractivity contribution in [3.05, 3.63) is 101 Å². The average Bonchev–Trinajstić information content (AvgIpc) is 2.80. The van der Waals surface area contributed by atoms with Gasteiger partial charge in [-0.05, 0) is 66.8 Å². The molecule has 1 unspecified atom stereocenters. The van der Waals surface area contributed by atoms with Gasteiger partial charge in [-0.1, -0.05) is 48.5 Å². The fourth-order valence-electron chi connectivity index (χ4n) is 4.09. The first-order valence-electron chi connectivity index (χ1n) is 11.0. The monoisotopic (exact) mass is 414 g/mol. The third kappa shape index (κ3) is 5.33. The molecule has 4 heteroatoms. The molecule has 1 aliphatic heterocycles. The van der Waals surface area contributed by atoms with Crippen LogP contribution in [0.3, 0.4) is 0 Å². The van der Waals surface area contributed by atoms with Crippen molar-refractivity contribution in [1.29, 1.82) is 0 Å². The lowest BCUT2D eigenvalue weighted by Gasteiger charge is -2.28. The number of amides is 1. The number of benzene rings is 3. The fraction of sp³-hybridized carbons (Fsp3) is 0.296. The summed E-state index contributed by atoms with van der Waals surface area (Å²) in [5.41, 5.74) is 5.86. The van der Waals surface area contributed by atoms with Crippen LogP contribution in [0.5, 0.6) is 5.75 Å². The van der Waals surface area contributed by atoms with E-state index >= 15 is 0 Å². The van der Waals surface area contributed by atoms with Crippen LogP contribution >= 0.6 is 0 Å². The maximum atomic E-state index is 12.7. The van der Waals surface area contributed by atoms with Crippen LogP contribution in [0, 0.1) is 0 Å². The summed E-state index contributed by atoms with van der Waals surface area (Å²) >= 11 is 0. The van der Waals surface area contributed by atoms with Gasteiger partial charge in [-0.15, -0.1) is 0 Å². The first kappa shape index (κ1) is 21.1. The van der Waals surface area contributed by atoms with Gasteiger partial charge in [-0.2, -0.15) is 0 Å². The SMILES string of the molecule is CCOc1ccc(C(C)NC(=O)c2ccc(CN3CCc4ccccc4C3)cc2)cc1. The second-order valence-corrected chi connectivity index (χ2v) is 8.12. The zero-order chi connectivity index (χ0) is 21.6. The Bertz CT molecular complexity index is 1010. The lowest BCUT2D eigenvalue weighted by molar-refractivity contribution is 0.0940.